The van der Waals surface area contributed by atoms with Crippen molar-refractivity contribution in [3.05, 3.63) is 53.9 Å². The molecule has 2 aromatic rings. The Kier molecular flexibility index (Phi) is 3.69. The van der Waals surface area contributed by atoms with Crippen molar-refractivity contribution in [1.82, 2.24) is 4.98 Å². The predicted octanol–water partition coefficient (Wildman–Crippen LogP) is 4.88. The van der Waals surface area contributed by atoms with Crippen LogP contribution in [-0.2, 0) is 0 Å². The van der Waals surface area contributed by atoms with Crippen LogP contribution >= 0.6 is 11.3 Å². The van der Waals surface area contributed by atoms with Crippen molar-refractivity contribution < 1.29 is 0 Å². The average molecular weight is 333 g/mol. The standard InChI is InChI=1S/C20H19N3S/c1-3-23(4-2)16-10-7-8-13-14(21)12-18-20(19(13)16)22-15-9-5-6-11-17(15)24-18/h5-12,21H,3-4H2,1-2H3. The largest absolute Gasteiger partial charge is 0.372 e. The fourth-order valence-electron chi connectivity index (χ4n) is 3.31. The minimum absolute atomic E-state index is 0.569. The lowest BCUT2D eigenvalue weighted by Gasteiger charge is -2.24. The van der Waals surface area contributed by atoms with Crippen molar-refractivity contribution >= 4 is 38.0 Å². The van der Waals surface area contributed by atoms with E-state index in [1.165, 1.54) is 5.69 Å². The first-order valence-corrected chi connectivity index (χ1v) is 9.09. The maximum atomic E-state index is 8.47. The molecule has 0 radical (unpaired) electrons. The number of nitrogens with one attached hydrogen (secondary N) is 1. The molecule has 0 atom stereocenters. The molecule has 24 heavy (non-hydrogen) atoms. The van der Waals surface area contributed by atoms with E-state index in [0.717, 1.165) is 44.6 Å². The zero-order valence-electron chi connectivity index (χ0n) is 13.8. The molecular weight excluding hydrogens is 314 g/mol. The fraction of sp³-hybridized carbons (Fsp3) is 0.200. The van der Waals surface area contributed by atoms with Crippen LogP contribution in [0.5, 0.6) is 0 Å². The number of nitrogens with zero attached hydrogens (tertiary/aromatic N) is 2. The number of hydrogen-bond acceptors (Lipinski definition) is 4. The number of benzene rings is 3. The van der Waals surface area contributed by atoms with E-state index >= 15 is 0 Å². The lowest BCUT2D eigenvalue weighted by Crippen LogP contribution is -2.22. The van der Waals surface area contributed by atoms with Gasteiger partial charge < -0.3 is 10.3 Å². The van der Waals surface area contributed by atoms with Crippen molar-refractivity contribution in [3.8, 4) is 10.6 Å². The zero-order chi connectivity index (χ0) is 16.7. The monoisotopic (exact) mass is 333 g/mol. The Balaban J connectivity index is 2.20. The van der Waals surface area contributed by atoms with Gasteiger partial charge in [-0.05, 0) is 38.1 Å². The molecule has 3 nitrogen and oxygen atoms in total. The normalized spacial score (nSPS) is 11.4. The molecule has 1 aliphatic carbocycles. The van der Waals surface area contributed by atoms with Crippen molar-refractivity contribution in [1.29, 1.82) is 5.41 Å². The van der Waals surface area contributed by atoms with E-state index in [0.29, 0.717) is 5.36 Å². The molecule has 0 aromatic heterocycles. The van der Waals surface area contributed by atoms with Gasteiger partial charge in [-0.2, -0.15) is 0 Å². The molecular formula is C20H19N3S. The average Bonchev–Trinajstić information content (AvgIpc) is 2.61. The Morgan fingerprint density at radius 3 is 2.62 bits per heavy atom. The highest BCUT2D eigenvalue weighted by atomic mass is 32.1. The van der Waals surface area contributed by atoms with Crippen LogP contribution in [0.2, 0.25) is 0 Å². The van der Waals surface area contributed by atoms with E-state index in [1.807, 2.05) is 30.3 Å². The summed E-state index contributed by atoms with van der Waals surface area (Å²) in [4.78, 5) is 8.37. The lowest BCUT2D eigenvalue weighted by atomic mass is 10.0. The summed E-state index contributed by atoms with van der Waals surface area (Å²) in [6, 6.07) is 16.4. The molecule has 0 bridgehead atoms. The van der Waals surface area contributed by atoms with Gasteiger partial charge in [0.25, 0.3) is 0 Å². The van der Waals surface area contributed by atoms with E-state index in [9.17, 15) is 0 Å². The predicted molar refractivity (Wildman–Crippen MR) is 103 cm³/mol. The van der Waals surface area contributed by atoms with E-state index in [4.69, 9.17) is 10.4 Å². The van der Waals surface area contributed by atoms with Gasteiger partial charge in [0.05, 0.1) is 26.1 Å². The van der Waals surface area contributed by atoms with Gasteiger partial charge in [-0.3, -0.25) is 0 Å². The van der Waals surface area contributed by atoms with Gasteiger partial charge in [0.1, 0.15) is 0 Å². The van der Waals surface area contributed by atoms with Crippen LogP contribution in [0.25, 0.3) is 31.6 Å². The molecule has 4 rings (SSSR count). The maximum absolute atomic E-state index is 8.47. The number of para-hydroxylation sites is 1. The van der Waals surface area contributed by atoms with Crippen molar-refractivity contribution in [2.24, 2.45) is 0 Å². The van der Waals surface area contributed by atoms with Crippen molar-refractivity contribution in [2.45, 2.75) is 13.8 Å². The Hall–Kier alpha value is -2.46. The first-order valence-electron chi connectivity index (χ1n) is 8.27. The van der Waals surface area contributed by atoms with E-state index in [-0.39, 0.29) is 0 Å². The Bertz CT molecular complexity index is 1060. The lowest BCUT2D eigenvalue weighted by molar-refractivity contribution is 0.870. The molecule has 0 saturated carbocycles. The second kappa shape index (κ2) is 5.87. The van der Waals surface area contributed by atoms with Crippen LogP contribution in [0, 0.1) is 5.41 Å². The van der Waals surface area contributed by atoms with Crippen LogP contribution in [0.3, 0.4) is 0 Å². The molecule has 1 aliphatic heterocycles. The zero-order valence-corrected chi connectivity index (χ0v) is 14.7. The maximum Gasteiger partial charge on any atom is 0.0910 e. The van der Waals surface area contributed by atoms with Gasteiger partial charge in [0, 0.05) is 29.5 Å². The Morgan fingerprint density at radius 2 is 1.83 bits per heavy atom. The summed E-state index contributed by atoms with van der Waals surface area (Å²) in [6.45, 7) is 6.22. The summed E-state index contributed by atoms with van der Waals surface area (Å²) in [5.74, 6) is 0. The van der Waals surface area contributed by atoms with Gasteiger partial charge in [0.15, 0.2) is 0 Å². The highest BCUT2D eigenvalue weighted by Gasteiger charge is 2.17. The topological polar surface area (TPSA) is 40.0 Å². The smallest absolute Gasteiger partial charge is 0.0910 e. The summed E-state index contributed by atoms with van der Waals surface area (Å²) in [6.07, 6.45) is 0. The third-order valence-corrected chi connectivity index (χ3v) is 5.60. The van der Waals surface area contributed by atoms with Gasteiger partial charge in [-0.25, -0.2) is 4.98 Å². The first-order chi connectivity index (χ1) is 11.7. The van der Waals surface area contributed by atoms with Gasteiger partial charge in [-0.15, -0.1) is 11.3 Å². The first kappa shape index (κ1) is 15.1. The van der Waals surface area contributed by atoms with Crippen LogP contribution < -0.4 is 10.3 Å². The Labute approximate surface area is 145 Å². The summed E-state index contributed by atoms with van der Waals surface area (Å²) < 4.78 is 1.16. The van der Waals surface area contributed by atoms with Crippen LogP contribution in [-0.4, -0.2) is 18.1 Å². The summed E-state index contributed by atoms with van der Waals surface area (Å²) in [5, 5.41) is 11.1. The molecule has 0 amide bonds. The van der Waals surface area contributed by atoms with E-state index in [2.05, 4.69) is 36.9 Å². The molecule has 0 unspecified atom stereocenters. The minimum atomic E-state index is 0.569. The summed E-state index contributed by atoms with van der Waals surface area (Å²) in [7, 11) is 0. The number of anilines is 1. The molecule has 0 spiro atoms. The van der Waals surface area contributed by atoms with E-state index < -0.39 is 0 Å². The molecule has 0 saturated heterocycles. The number of rotatable bonds is 3. The summed E-state index contributed by atoms with van der Waals surface area (Å²) in [5.41, 5.74) is 3.20. The molecule has 0 fully saturated rings. The van der Waals surface area contributed by atoms with Crippen LogP contribution in [0.4, 0.5) is 5.69 Å². The SMILES string of the molecule is CCN(CC)c1cccc2c(=N)cc3sc4ccccc4nc-3c12. The second-order valence-corrected chi connectivity index (χ2v) is 6.91. The highest BCUT2D eigenvalue weighted by Crippen LogP contribution is 2.38. The molecule has 120 valence electrons. The second-order valence-electron chi connectivity index (χ2n) is 5.82. The minimum Gasteiger partial charge on any atom is -0.372 e. The number of aromatic nitrogens is 1. The molecule has 4 heteroatoms. The third kappa shape index (κ3) is 2.26. The van der Waals surface area contributed by atoms with Crippen LogP contribution in [0.1, 0.15) is 13.8 Å². The molecule has 1 N–H and O–H groups in total. The van der Waals surface area contributed by atoms with Crippen LogP contribution in [0.15, 0.2) is 48.5 Å². The molecule has 2 aromatic carbocycles. The summed E-state index contributed by atoms with van der Waals surface area (Å²) >= 11 is 1.71. The van der Waals surface area contributed by atoms with Gasteiger partial charge in [-0.1, -0.05) is 24.3 Å². The number of fused-ring (bicyclic) bond motifs is 4. The van der Waals surface area contributed by atoms with Gasteiger partial charge >= 0.3 is 0 Å². The van der Waals surface area contributed by atoms with Crippen molar-refractivity contribution in [2.75, 3.05) is 18.0 Å². The molecule has 1 heterocycles. The quantitative estimate of drug-likeness (QED) is 0.429. The number of hydrogen-bond donors (Lipinski definition) is 1. The molecule has 2 aliphatic rings. The van der Waals surface area contributed by atoms with E-state index in [1.54, 1.807) is 11.3 Å². The van der Waals surface area contributed by atoms with Crippen molar-refractivity contribution in [3.63, 3.8) is 0 Å². The Morgan fingerprint density at radius 1 is 1.04 bits per heavy atom. The highest BCUT2D eigenvalue weighted by molar-refractivity contribution is 7.21. The van der Waals surface area contributed by atoms with Gasteiger partial charge in [0.2, 0.25) is 0 Å². The fourth-order valence-corrected chi connectivity index (χ4v) is 4.33. The third-order valence-electron chi connectivity index (χ3n) is 4.50.